The standard InChI is InChI=1S/C13H19N3O2S/c1-18-7-4-2-3-6-14-9-11-15-10-5-8-19-12(10)13(17)16-11/h5,8,14H,2-4,6-7,9H2,1H3,(H,15,16,17). The number of thiophene rings is 1. The van der Waals surface area contributed by atoms with Crippen LogP contribution in [0.4, 0.5) is 0 Å². The fraction of sp³-hybridized carbons (Fsp3) is 0.538. The molecular weight excluding hydrogens is 262 g/mol. The second kappa shape index (κ2) is 7.37. The van der Waals surface area contributed by atoms with Gasteiger partial charge in [0.2, 0.25) is 0 Å². The van der Waals surface area contributed by atoms with Crippen molar-refractivity contribution in [2.24, 2.45) is 0 Å². The van der Waals surface area contributed by atoms with Gasteiger partial charge in [-0.05, 0) is 37.3 Å². The molecule has 0 bridgehead atoms. The van der Waals surface area contributed by atoms with Crippen molar-refractivity contribution < 1.29 is 4.74 Å². The lowest BCUT2D eigenvalue weighted by molar-refractivity contribution is 0.192. The van der Waals surface area contributed by atoms with Gasteiger partial charge < -0.3 is 15.0 Å². The molecule has 0 saturated carbocycles. The van der Waals surface area contributed by atoms with Crippen molar-refractivity contribution in [3.8, 4) is 0 Å². The maximum atomic E-state index is 11.7. The third kappa shape index (κ3) is 4.12. The predicted molar refractivity (Wildman–Crippen MR) is 77.7 cm³/mol. The molecule has 2 heterocycles. The van der Waals surface area contributed by atoms with E-state index >= 15 is 0 Å². The Labute approximate surface area is 116 Å². The van der Waals surface area contributed by atoms with E-state index in [2.05, 4.69) is 15.3 Å². The first-order chi connectivity index (χ1) is 9.31. The number of unbranched alkanes of at least 4 members (excludes halogenated alkanes) is 2. The molecular formula is C13H19N3O2S. The SMILES string of the molecule is COCCCCCNCc1nc2ccsc2c(=O)[nH]1. The molecule has 0 aliphatic rings. The number of fused-ring (bicyclic) bond motifs is 1. The van der Waals surface area contributed by atoms with Gasteiger partial charge in [-0.1, -0.05) is 0 Å². The molecule has 0 aliphatic heterocycles. The Morgan fingerprint density at radius 3 is 3.16 bits per heavy atom. The number of aromatic amines is 1. The van der Waals surface area contributed by atoms with E-state index in [1.54, 1.807) is 7.11 Å². The van der Waals surface area contributed by atoms with Crippen molar-refractivity contribution in [2.45, 2.75) is 25.8 Å². The summed E-state index contributed by atoms with van der Waals surface area (Å²) in [5, 5.41) is 5.18. The van der Waals surface area contributed by atoms with Gasteiger partial charge in [0.25, 0.3) is 5.56 Å². The van der Waals surface area contributed by atoms with Crippen LogP contribution in [-0.4, -0.2) is 30.2 Å². The molecule has 0 atom stereocenters. The summed E-state index contributed by atoms with van der Waals surface area (Å²) in [7, 11) is 1.72. The number of nitrogens with zero attached hydrogens (tertiary/aromatic N) is 1. The zero-order chi connectivity index (χ0) is 13.5. The molecule has 5 nitrogen and oxygen atoms in total. The first-order valence-corrected chi connectivity index (χ1v) is 7.35. The van der Waals surface area contributed by atoms with Gasteiger partial charge in [-0.3, -0.25) is 4.79 Å². The topological polar surface area (TPSA) is 67.0 Å². The average molecular weight is 281 g/mol. The second-order valence-corrected chi connectivity index (χ2v) is 5.29. The molecule has 2 rings (SSSR count). The zero-order valence-corrected chi connectivity index (χ0v) is 11.9. The molecule has 0 saturated heterocycles. The first-order valence-electron chi connectivity index (χ1n) is 6.47. The van der Waals surface area contributed by atoms with Crippen molar-refractivity contribution >= 4 is 21.6 Å². The Balaban J connectivity index is 1.77. The van der Waals surface area contributed by atoms with Crippen LogP contribution >= 0.6 is 11.3 Å². The minimum Gasteiger partial charge on any atom is -0.385 e. The second-order valence-electron chi connectivity index (χ2n) is 4.38. The fourth-order valence-corrected chi connectivity index (χ4v) is 2.61. The molecule has 0 radical (unpaired) electrons. The number of nitrogens with one attached hydrogen (secondary N) is 2. The molecule has 2 aromatic heterocycles. The summed E-state index contributed by atoms with van der Waals surface area (Å²) in [5.41, 5.74) is 0.738. The normalized spacial score (nSPS) is 11.2. The molecule has 0 unspecified atom stereocenters. The summed E-state index contributed by atoms with van der Waals surface area (Å²) in [6.45, 7) is 2.35. The molecule has 0 aliphatic carbocycles. The molecule has 6 heteroatoms. The third-order valence-electron chi connectivity index (χ3n) is 2.86. The maximum absolute atomic E-state index is 11.7. The van der Waals surface area contributed by atoms with E-state index in [4.69, 9.17) is 4.74 Å². The zero-order valence-electron chi connectivity index (χ0n) is 11.1. The van der Waals surface area contributed by atoms with Crippen molar-refractivity contribution in [1.29, 1.82) is 0 Å². The van der Waals surface area contributed by atoms with Crippen LogP contribution in [-0.2, 0) is 11.3 Å². The highest BCUT2D eigenvalue weighted by atomic mass is 32.1. The predicted octanol–water partition coefficient (Wildman–Crippen LogP) is 1.89. The highest BCUT2D eigenvalue weighted by Crippen LogP contribution is 2.13. The minimum absolute atomic E-state index is 0.0445. The summed E-state index contributed by atoms with van der Waals surface area (Å²) in [6, 6.07) is 1.88. The van der Waals surface area contributed by atoms with Gasteiger partial charge in [0.1, 0.15) is 10.5 Å². The highest BCUT2D eigenvalue weighted by Gasteiger charge is 2.04. The highest BCUT2D eigenvalue weighted by molar-refractivity contribution is 7.17. The summed E-state index contributed by atoms with van der Waals surface area (Å²) in [5.74, 6) is 0.702. The number of hydrogen-bond donors (Lipinski definition) is 2. The average Bonchev–Trinajstić information content (AvgIpc) is 2.86. The summed E-state index contributed by atoms with van der Waals surface area (Å²) in [4.78, 5) is 19.0. The van der Waals surface area contributed by atoms with Gasteiger partial charge in [0.05, 0.1) is 12.1 Å². The first kappa shape index (κ1) is 14.2. The van der Waals surface area contributed by atoms with Crippen LogP contribution in [0, 0.1) is 0 Å². The van der Waals surface area contributed by atoms with Gasteiger partial charge >= 0.3 is 0 Å². The van der Waals surface area contributed by atoms with E-state index in [1.165, 1.54) is 11.3 Å². The smallest absolute Gasteiger partial charge is 0.268 e. The van der Waals surface area contributed by atoms with Crippen LogP contribution in [0.1, 0.15) is 25.1 Å². The number of H-pyrrole nitrogens is 1. The molecule has 0 aromatic carbocycles. The van der Waals surface area contributed by atoms with Crippen LogP contribution in [0.15, 0.2) is 16.2 Å². The van der Waals surface area contributed by atoms with Crippen LogP contribution in [0.5, 0.6) is 0 Å². The van der Waals surface area contributed by atoms with E-state index in [1.807, 2.05) is 11.4 Å². The maximum Gasteiger partial charge on any atom is 0.268 e. The van der Waals surface area contributed by atoms with Crippen LogP contribution in [0.2, 0.25) is 0 Å². The summed E-state index contributed by atoms with van der Waals surface area (Å²) in [6.07, 6.45) is 3.34. The number of aromatic nitrogens is 2. The van der Waals surface area contributed by atoms with E-state index in [-0.39, 0.29) is 5.56 Å². The Hall–Kier alpha value is -1.24. The monoisotopic (exact) mass is 281 g/mol. The minimum atomic E-state index is -0.0445. The van der Waals surface area contributed by atoms with Crippen molar-refractivity contribution in [1.82, 2.24) is 15.3 Å². The van der Waals surface area contributed by atoms with Gasteiger partial charge in [0.15, 0.2) is 0 Å². The molecule has 104 valence electrons. The summed E-state index contributed by atoms with van der Waals surface area (Å²) < 4.78 is 5.69. The van der Waals surface area contributed by atoms with Gasteiger partial charge in [-0.15, -0.1) is 11.3 Å². The number of ether oxygens (including phenoxy) is 1. The Morgan fingerprint density at radius 1 is 1.42 bits per heavy atom. The number of hydrogen-bond acceptors (Lipinski definition) is 5. The van der Waals surface area contributed by atoms with Gasteiger partial charge in [0, 0.05) is 13.7 Å². The van der Waals surface area contributed by atoms with Gasteiger partial charge in [-0.25, -0.2) is 4.98 Å². The van der Waals surface area contributed by atoms with E-state index in [9.17, 15) is 4.79 Å². The van der Waals surface area contributed by atoms with Crippen molar-refractivity contribution in [2.75, 3.05) is 20.3 Å². The van der Waals surface area contributed by atoms with Crippen LogP contribution < -0.4 is 10.9 Å². The van der Waals surface area contributed by atoms with Crippen molar-refractivity contribution in [3.63, 3.8) is 0 Å². The van der Waals surface area contributed by atoms with Crippen LogP contribution in [0.3, 0.4) is 0 Å². The van der Waals surface area contributed by atoms with Crippen LogP contribution in [0.25, 0.3) is 10.2 Å². The fourth-order valence-electron chi connectivity index (χ4n) is 1.89. The quantitative estimate of drug-likeness (QED) is 0.725. The molecule has 19 heavy (non-hydrogen) atoms. The molecule has 2 aromatic rings. The Kier molecular flexibility index (Phi) is 5.50. The Bertz CT molecular complexity index is 564. The van der Waals surface area contributed by atoms with Gasteiger partial charge in [-0.2, -0.15) is 0 Å². The molecule has 0 spiro atoms. The molecule has 2 N–H and O–H groups in total. The lowest BCUT2D eigenvalue weighted by atomic mass is 10.2. The lowest BCUT2D eigenvalue weighted by Gasteiger charge is -2.04. The largest absolute Gasteiger partial charge is 0.385 e. The lowest BCUT2D eigenvalue weighted by Crippen LogP contribution is -2.20. The molecule has 0 amide bonds. The third-order valence-corrected chi connectivity index (χ3v) is 3.76. The van der Waals surface area contributed by atoms with E-state index < -0.39 is 0 Å². The van der Waals surface area contributed by atoms with E-state index in [0.29, 0.717) is 17.1 Å². The summed E-state index contributed by atoms with van der Waals surface area (Å²) >= 11 is 1.42. The number of rotatable bonds is 8. The Morgan fingerprint density at radius 2 is 2.32 bits per heavy atom. The van der Waals surface area contributed by atoms with Crippen molar-refractivity contribution in [3.05, 3.63) is 27.6 Å². The molecule has 0 fully saturated rings. The van der Waals surface area contributed by atoms with E-state index in [0.717, 1.165) is 37.9 Å². The number of methoxy groups -OCH3 is 1.